The second-order valence-corrected chi connectivity index (χ2v) is 5.15. The average Bonchev–Trinajstić information content (AvgIpc) is 3.20. The number of halogens is 1. The van der Waals surface area contributed by atoms with Crippen molar-refractivity contribution in [1.29, 1.82) is 0 Å². The van der Waals surface area contributed by atoms with Gasteiger partial charge < -0.3 is 4.74 Å². The van der Waals surface area contributed by atoms with E-state index < -0.39 is 0 Å². The van der Waals surface area contributed by atoms with E-state index in [9.17, 15) is 0 Å². The summed E-state index contributed by atoms with van der Waals surface area (Å²) in [7, 11) is 1.66. The molecule has 0 N–H and O–H groups in total. The molecular formula is C16H15ClO. The molecule has 0 bridgehead atoms. The zero-order valence-electron chi connectivity index (χ0n) is 10.3. The largest absolute Gasteiger partial charge is 0.497 e. The molecule has 1 nitrogen and oxygen atoms in total. The van der Waals surface area contributed by atoms with Crippen LogP contribution in [0.5, 0.6) is 5.75 Å². The molecule has 0 aliphatic heterocycles. The molecule has 0 heterocycles. The molecule has 2 atom stereocenters. The van der Waals surface area contributed by atoms with E-state index in [0.717, 1.165) is 10.8 Å². The maximum absolute atomic E-state index is 6.32. The van der Waals surface area contributed by atoms with Gasteiger partial charge in [0.05, 0.1) is 7.11 Å². The first kappa shape index (κ1) is 11.6. The zero-order chi connectivity index (χ0) is 12.5. The van der Waals surface area contributed by atoms with Crippen LogP contribution in [0.15, 0.2) is 48.5 Å². The maximum atomic E-state index is 6.32. The molecule has 1 fully saturated rings. The topological polar surface area (TPSA) is 9.23 Å². The molecule has 1 aliphatic rings. The minimum Gasteiger partial charge on any atom is -0.497 e. The number of hydrogen-bond donors (Lipinski definition) is 0. The molecule has 1 aliphatic carbocycles. The summed E-state index contributed by atoms with van der Waals surface area (Å²) in [5.41, 5.74) is 2.65. The first-order valence-electron chi connectivity index (χ1n) is 6.18. The van der Waals surface area contributed by atoms with Crippen LogP contribution in [0.2, 0.25) is 5.02 Å². The molecular weight excluding hydrogens is 244 g/mol. The third-order valence-electron chi connectivity index (χ3n) is 3.63. The Morgan fingerprint density at radius 2 is 1.83 bits per heavy atom. The SMILES string of the molecule is COc1ccc(C2CC2c2ccccc2)c(Cl)c1. The highest BCUT2D eigenvalue weighted by Crippen LogP contribution is 2.56. The van der Waals surface area contributed by atoms with Crippen molar-refractivity contribution in [3.8, 4) is 5.75 Å². The smallest absolute Gasteiger partial charge is 0.120 e. The summed E-state index contributed by atoms with van der Waals surface area (Å²) in [6.07, 6.45) is 1.19. The van der Waals surface area contributed by atoms with Crippen LogP contribution in [0.4, 0.5) is 0 Å². The lowest BCUT2D eigenvalue weighted by Crippen LogP contribution is -1.88. The van der Waals surface area contributed by atoms with Crippen molar-refractivity contribution in [3.05, 3.63) is 64.7 Å². The standard InChI is InChI=1S/C16H15ClO/c1-18-12-7-8-13(16(17)9-12)15-10-14(15)11-5-3-2-4-6-11/h2-9,14-15H,10H2,1H3. The van der Waals surface area contributed by atoms with E-state index >= 15 is 0 Å². The Balaban J connectivity index is 1.82. The average molecular weight is 259 g/mol. The summed E-state index contributed by atoms with van der Waals surface area (Å²) >= 11 is 6.32. The van der Waals surface area contributed by atoms with Gasteiger partial charge in [-0.25, -0.2) is 0 Å². The second kappa shape index (κ2) is 4.66. The minimum atomic E-state index is 0.561. The van der Waals surface area contributed by atoms with Crippen molar-refractivity contribution in [1.82, 2.24) is 0 Å². The Hall–Kier alpha value is -1.47. The molecule has 0 amide bonds. The second-order valence-electron chi connectivity index (χ2n) is 4.75. The molecule has 2 heteroatoms. The van der Waals surface area contributed by atoms with Crippen LogP contribution < -0.4 is 4.74 Å². The Labute approximate surface area is 112 Å². The van der Waals surface area contributed by atoms with Gasteiger partial charge >= 0.3 is 0 Å². The predicted octanol–water partition coefficient (Wildman–Crippen LogP) is 4.62. The van der Waals surface area contributed by atoms with Gasteiger partial charge in [-0.15, -0.1) is 0 Å². The highest BCUT2D eigenvalue weighted by molar-refractivity contribution is 6.31. The van der Waals surface area contributed by atoms with Crippen LogP contribution in [0.3, 0.4) is 0 Å². The Morgan fingerprint density at radius 3 is 2.50 bits per heavy atom. The summed E-state index contributed by atoms with van der Waals surface area (Å²) < 4.78 is 5.18. The molecule has 92 valence electrons. The molecule has 1 saturated carbocycles. The summed E-state index contributed by atoms with van der Waals surface area (Å²) in [6.45, 7) is 0. The van der Waals surface area contributed by atoms with Gasteiger partial charge in [-0.2, -0.15) is 0 Å². The van der Waals surface area contributed by atoms with E-state index in [0.29, 0.717) is 11.8 Å². The lowest BCUT2D eigenvalue weighted by Gasteiger charge is -2.06. The lowest BCUT2D eigenvalue weighted by atomic mass is 10.0. The van der Waals surface area contributed by atoms with Crippen molar-refractivity contribution in [3.63, 3.8) is 0 Å². The van der Waals surface area contributed by atoms with E-state index in [1.54, 1.807) is 7.11 Å². The van der Waals surface area contributed by atoms with E-state index in [-0.39, 0.29) is 0 Å². The van der Waals surface area contributed by atoms with Crippen molar-refractivity contribution in [2.24, 2.45) is 0 Å². The van der Waals surface area contributed by atoms with Gasteiger partial charge in [-0.3, -0.25) is 0 Å². The van der Waals surface area contributed by atoms with Crippen LogP contribution in [-0.2, 0) is 0 Å². The summed E-state index contributed by atoms with van der Waals surface area (Å²) in [4.78, 5) is 0. The Morgan fingerprint density at radius 1 is 1.06 bits per heavy atom. The van der Waals surface area contributed by atoms with E-state index in [1.165, 1.54) is 17.5 Å². The monoisotopic (exact) mass is 258 g/mol. The van der Waals surface area contributed by atoms with Crippen molar-refractivity contribution in [2.45, 2.75) is 18.3 Å². The van der Waals surface area contributed by atoms with Gasteiger partial charge in [0, 0.05) is 5.02 Å². The minimum absolute atomic E-state index is 0.561. The third-order valence-corrected chi connectivity index (χ3v) is 3.95. The zero-order valence-corrected chi connectivity index (χ0v) is 11.0. The number of methoxy groups -OCH3 is 1. The molecule has 0 spiro atoms. The highest BCUT2D eigenvalue weighted by Gasteiger charge is 2.40. The Kier molecular flexibility index (Phi) is 3.00. The molecule has 0 aromatic heterocycles. The van der Waals surface area contributed by atoms with Crippen LogP contribution >= 0.6 is 11.6 Å². The molecule has 2 unspecified atom stereocenters. The number of hydrogen-bond acceptors (Lipinski definition) is 1. The first-order chi connectivity index (χ1) is 8.79. The van der Waals surface area contributed by atoms with Crippen LogP contribution in [0, 0.1) is 0 Å². The predicted molar refractivity (Wildman–Crippen MR) is 74.5 cm³/mol. The van der Waals surface area contributed by atoms with Gasteiger partial charge in [-0.05, 0) is 41.5 Å². The van der Waals surface area contributed by atoms with Crippen LogP contribution in [0.1, 0.15) is 29.4 Å². The summed E-state index contributed by atoms with van der Waals surface area (Å²) in [5, 5.41) is 0.817. The number of rotatable bonds is 3. The van der Waals surface area contributed by atoms with E-state index in [2.05, 4.69) is 36.4 Å². The molecule has 0 radical (unpaired) electrons. The van der Waals surface area contributed by atoms with Crippen molar-refractivity contribution in [2.75, 3.05) is 7.11 Å². The van der Waals surface area contributed by atoms with Crippen molar-refractivity contribution < 1.29 is 4.74 Å². The third kappa shape index (κ3) is 2.11. The van der Waals surface area contributed by atoms with Gasteiger partial charge in [0.2, 0.25) is 0 Å². The number of benzene rings is 2. The van der Waals surface area contributed by atoms with E-state index in [4.69, 9.17) is 16.3 Å². The fourth-order valence-corrected chi connectivity index (χ4v) is 2.85. The summed E-state index contributed by atoms with van der Waals surface area (Å²) in [5.74, 6) is 2.00. The fraction of sp³-hybridized carbons (Fsp3) is 0.250. The van der Waals surface area contributed by atoms with Crippen molar-refractivity contribution >= 4 is 11.6 Å². The van der Waals surface area contributed by atoms with Crippen LogP contribution in [-0.4, -0.2) is 7.11 Å². The number of ether oxygens (including phenoxy) is 1. The maximum Gasteiger partial charge on any atom is 0.120 e. The van der Waals surface area contributed by atoms with Crippen LogP contribution in [0.25, 0.3) is 0 Å². The summed E-state index contributed by atoms with van der Waals surface area (Å²) in [6, 6.07) is 16.6. The quantitative estimate of drug-likeness (QED) is 0.781. The van der Waals surface area contributed by atoms with Gasteiger partial charge in [0.15, 0.2) is 0 Å². The lowest BCUT2D eigenvalue weighted by molar-refractivity contribution is 0.414. The molecule has 2 aromatic carbocycles. The van der Waals surface area contributed by atoms with E-state index in [1.807, 2.05) is 12.1 Å². The molecule has 2 aromatic rings. The molecule has 0 saturated heterocycles. The van der Waals surface area contributed by atoms with Gasteiger partial charge in [-0.1, -0.05) is 48.0 Å². The highest BCUT2D eigenvalue weighted by atomic mass is 35.5. The molecule has 3 rings (SSSR count). The normalized spacial score (nSPS) is 21.7. The van der Waals surface area contributed by atoms with Gasteiger partial charge in [0.1, 0.15) is 5.75 Å². The fourth-order valence-electron chi connectivity index (χ4n) is 2.54. The first-order valence-corrected chi connectivity index (χ1v) is 6.56. The Bertz CT molecular complexity index is 550. The molecule has 18 heavy (non-hydrogen) atoms. The van der Waals surface area contributed by atoms with Gasteiger partial charge in [0.25, 0.3) is 0 Å².